The van der Waals surface area contributed by atoms with Gasteiger partial charge in [0, 0.05) is 35.6 Å². The number of rotatable bonds is 2. The van der Waals surface area contributed by atoms with Crippen molar-refractivity contribution in [3.63, 3.8) is 0 Å². The van der Waals surface area contributed by atoms with Crippen LogP contribution in [0.25, 0.3) is 0 Å². The molecule has 0 radical (unpaired) electrons. The number of nitrogens with one attached hydrogen (secondary N) is 1. The summed E-state index contributed by atoms with van der Waals surface area (Å²) in [6, 6.07) is 5.78. The Morgan fingerprint density at radius 3 is 2.60 bits per heavy atom. The van der Waals surface area contributed by atoms with Gasteiger partial charge in [-0.25, -0.2) is 0 Å². The van der Waals surface area contributed by atoms with Crippen molar-refractivity contribution in [2.75, 3.05) is 24.6 Å². The predicted octanol–water partition coefficient (Wildman–Crippen LogP) is 1.21. The molecule has 2 saturated heterocycles. The van der Waals surface area contributed by atoms with Gasteiger partial charge in [-0.05, 0) is 44.0 Å². The third kappa shape index (κ3) is 2.58. The smallest absolute Gasteiger partial charge is 0.251 e. The Morgan fingerprint density at radius 1 is 1.10 bits per heavy atom. The van der Waals surface area contributed by atoms with Gasteiger partial charge in [0.1, 0.15) is 0 Å². The van der Waals surface area contributed by atoms with E-state index >= 15 is 0 Å². The third-order valence-electron chi connectivity index (χ3n) is 4.41. The minimum Gasteiger partial charge on any atom is -0.399 e. The molecule has 0 spiro atoms. The highest BCUT2D eigenvalue weighted by atomic mass is 16.1. The number of anilines is 2. The fourth-order valence-corrected chi connectivity index (χ4v) is 3.48. The van der Waals surface area contributed by atoms with Crippen LogP contribution in [0.2, 0.25) is 0 Å². The summed E-state index contributed by atoms with van der Waals surface area (Å²) in [5.41, 5.74) is 13.1. The number of nitrogens with two attached hydrogens (primary N) is 2. The number of carbonyl (C=O) groups excluding carboxylic acids is 1. The molecule has 2 heterocycles. The summed E-state index contributed by atoms with van der Waals surface area (Å²) in [7, 11) is 0. The third-order valence-corrected chi connectivity index (χ3v) is 4.41. The molecule has 2 aliphatic heterocycles. The zero-order chi connectivity index (χ0) is 14.1. The van der Waals surface area contributed by atoms with Crippen molar-refractivity contribution in [2.24, 2.45) is 0 Å². The monoisotopic (exact) mass is 274 g/mol. The van der Waals surface area contributed by atoms with Crippen LogP contribution < -0.4 is 16.8 Å². The number of hydrogen-bond acceptors (Lipinski definition) is 4. The molecule has 2 atom stereocenters. The van der Waals surface area contributed by atoms with Crippen molar-refractivity contribution in [3.05, 3.63) is 23.8 Å². The first-order valence-corrected chi connectivity index (χ1v) is 7.34. The molecular weight excluding hydrogens is 252 g/mol. The lowest BCUT2D eigenvalue weighted by atomic mass is 9.98. The van der Waals surface area contributed by atoms with Gasteiger partial charge in [-0.3, -0.25) is 9.69 Å². The molecule has 0 aliphatic carbocycles. The largest absolute Gasteiger partial charge is 0.399 e. The van der Waals surface area contributed by atoms with Crippen LogP contribution in [0.4, 0.5) is 11.4 Å². The lowest BCUT2D eigenvalue weighted by molar-refractivity contribution is 0.0915. The minimum atomic E-state index is -0.0681. The topological polar surface area (TPSA) is 84.4 Å². The van der Waals surface area contributed by atoms with Crippen LogP contribution >= 0.6 is 0 Å². The summed E-state index contributed by atoms with van der Waals surface area (Å²) in [6.07, 6.45) is 4.76. The molecule has 5 nitrogen and oxygen atoms in total. The number of nitrogen functional groups attached to an aromatic ring is 2. The van der Waals surface area contributed by atoms with Gasteiger partial charge in [-0.1, -0.05) is 6.42 Å². The van der Waals surface area contributed by atoms with E-state index in [1.54, 1.807) is 18.2 Å². The fraction of sp³-hybridized carbons (Fsp3) is 0.533. The Bertz CT molecular complexity index is 496. The molecule has 0 bridgehead atoms. The summed E-state index contributed by atoms with van der Waals surface area (Å²) in [4.78, 5) is 14.8. The van der Waals surface area contributed by atoms with E-state index in [0.29, 0.717) is 23.0 Å². The van der Waals surface area contributed by atoms with Crippen molar-refractivity contribution >= 4 is 17.3 Å². The second-order valence-corrected chi connectivity index (χ2v) is 5.86. The van der Waals surface area contributed by atoms with Crippen LogP contribution in [0.5, 0.6) is 0 Å². The van der Waals surface area contributed by atoms with Gasteiger partial charge in [-0.15, -0.1) is 0 Å². The zero-order valence-corrected chi connectivity index (χ0v) is 11.6. The number of carbonyl (C=O) groups is 1. The molecule has 20 heavy (non-hydrogen) atoms. The van der Waals surface area contributed by atoms with E-state index in [2.05, 4.69) is 10.2 Å². The molecule has 5 heteroatoms. The Kier molecular flexibility index (Phi) is 3.53. The molecule has 0 aromatic heterocycles. The molecule has 1 amide bonds. The lowest BCUT2D eigenvalue weighted by Gasteiger charge is -2.32. The summed E-state index contributed by atoms with van der Waals surface area (Å²) in [5, 5.41) is 3.16. The molecule has 2 aliphatic rings. The standard InChI is InChI=1S/C15H22N4O/c16-11-7-10(8-12(17)9-11)15(20)18-13-4-6-19-5-2-1-3-14(13)19/h7-9,13-14H,1-6,16-17H2,(H,18,20). The van der Waals surface area contributed by atoms with Gasteiger partial charge in [0.2, 0.25) is 0 Å². The number of benzene rings is 1. The number of hydrogen-bond donors (Lipinski definition) is 3. The van der Waals surface area contributed by atoms with Crippen molar-refractivity contribution in [2.45, 2.75) is 37.8 Å². The number of nitrogens with zero attached hydrogens (tertiary/aromatic N) is 1. The highest BCUT2D eigenvalue weighted by Gasteiger charge is 2.36. The summed E-state index contributed by atoms with van der Waals surface area (Å²) in [6.45, 7) is 2.26. The Balaban J connectivity index is 1.69. The van der Waals surface area contributed by atoms with Crippen LogP contribution in [0, 0.1) is 0 Å². The molecule has 108 valence electrons. The average molecular weight is 274 g/mol. The molecule has 0 saturated carbocycles. The predicted molar refractivity (Wildman–Crippen MR) is 80.4 cm³/mol. The van der Waals surface area contributed by atoms with Gasteiger partial charge in [0.25, 0.3) is 5.91 Å². The lowest BCUT2D eigenvalue weighted by Crippen LogP contribution is -2.46. The second-order valence-electron chi connectivity index (χ2n) is 5.86. The highest BCUT2D eigenvalue weighted by Crippen LogP contribution is 2.27. The fourth-order valence-electron chi connectivity index (χ4n) is 3.48. The normalized spacial score (nSPS) is 26.2. The maximum Gasteiger partial charge on any atom is 0.251 e. The number of amides is 1. The first kappa shape index (κ1) is 13.2. The summed E-state index contributed by atoms with van der Waals surface area (Å²) in [5.74, 6) is -0.0681. The first-order valence-electron chi connectivity index (χ1n) is 7.34. The van der Waals surface area contributed by atoms with E-state index < -0.39 is 0 Å². The Labute approximate surface area is 119 Å². The van der Waals surface area contributed by atoms with Crippen LogP contribution in [0.1, 0.15) is 36.0 Å². The number of piperidine rings is 1. The van der Waals surface area contributed by atoms with Gasteiger partial charge in [0.05, 0.1) is 0 Å². The molecule has 1 aromatic rings. The van der Waals surface area contributed by atoms with E-state index in [-0.39, 0.29) is 11.9 Å². The number of fused-ring (bicyclic) bond motifs is 1. The van der Waals surface area contributed by atoms with Gasteiger partial charge >= 0.3 is 0 Å². The molecule has 5 N–H and O–H groups in total. The average Bonchev–Trinajstić information content (AvgIpc) is 2.81. The molecule has 2 unspecified atom stereocenters. The molecule has 2 fully saturated rings. The summed E-state index contributed by atoms with van der Waals surface area (Å²) >= 11 is 0. The van der Waals surface area contributed by atoms with E-state index in [9.17, 15) is 4.79 Å². The van der Waals surface area contributed by atoms with Crippen molar-refractivity contribution in [3.8, 4) is 0 Å². The van der Waals surface area contributed by atoms with E-state index in [4.69, 9.17) is 11.5 Å². The van der Waals surface area contributed by atoms with Crippen molar-refractivity contribution < 1.29 is 4.79 Å². The Hall–Kier alpha value is -1.75. The maximum absolute atomic E-state index is 12.3. The maximum atomic E-state index is 12.3. The minimum absolute atomic E-state index is 0.0681. The van der Waals surface area contributed by atoms with E-state index in [1.807, 2.05) is 0 Å². The molecular formula is C15H22N4O. The zero-order valence-electron chi connectivity index (χ0n) is 11.6. The quantitative estimate of drug-likeness (QED) is 0.708. The van der Waals surface area contributed by atoms with Crippen molar-refractivity contribution in [1.82, 2.24) is 10.2 Å². The van der Waals surface area contributed by atoms with Crippen LogP contribution in [0.15, 0.2) is 18.2 Å². The van der Waals surface area contributed by atoms with E-state index in [0.717, 1.165) is 13.0 Å². The SMILES string of the molecule is Nc1cc(N)cc(C(=O)NC2CCN3CCCCC23)c1. The van der Waals surface area contributed by atoms with Crippen LogP contribution in [-0.2, 0) is 0 Å². The van der Waals surface area contributed by atoms with Gasteiger partial charge in [0.15, 0.2) is 0 Å². The van der Waals surface area contributed by atoms with E-state index in [1.165, 1.54) is 25.8 Å². The highest BCUT2D eigenvalue weighted by molar-refractivity contribution is 5.96. The first-order chi connectivity index (χ1) is 9.63. The molecule has 3 rings (SSSR count). The van der Waals surface area contributed by atoms with Gasteiger partial charge < -0.3 is 16.8 Å². The summed E-state index contributed by atoms with van der Waals surface area (Å²) < 4.78 is 0. The van der Waals surface area contributed by atoms with Crippen LogP contribution in [0.3, 0.4) is 0 Å². The second kappa shape index (κ2) is 5.32. The van der Waals surface area contributed by atoms with Crippen LogP contribution in [-0.4, -0.2) is 36.0 Å². The molecule has 1 aromatic carbocycles. The Morgan fingerprint density at radius 2 is 1.85 bits per heavy atom. The van der Waals surface area contributed by atoms with Gasteiger partial charge in [-0.2, -0.15) is 0 Å². The van der Waals surface area contributed by atoms with Crippen molar-refractivity contribution in [1.29, 1.82) is 0 Å².